The highest BCUT2D eigenvalue weighted by atomic mass is 16.7. The molecule has 0 aliphatic carbocycles. The van der Waals surface area contributed by atoms with Gasteiger partial charge in [0.05, 0.1) is 16.9 Å². The highest BCUT2D eigenvalue weighted by molar-refractivity contribution is 6.41. The number of rotatable bonds is 2. The van der Waals surface area contributed by atoms with Crippen LogP contribution in [0, 0.1) is 0 Å². The van der Waals surface area contributed by atoms with Gasteiger partial charge in [-0.25, -0.2) is 14.6 Å². The number of nitrogens with one attached hydrogen (secondary N) is 1. The van der Waals surface area contributed by atoms with Crippen molar-refractivity contribution in [3.8, 4) is 0 Å². The van der Waals surface area contributed by atoms with Crippen LogP contribution in [-0.2, 0) is 23.9 Å². The minimum Gasteiger partial charge on any atom is -0.479 e. The average Bonchev–Trinajstić information content (AvgIpc) is 2.92. The summed E-state index contributed by atoms with van der Waals surface area (Å²) in [6.45, 7) is 0. The van der Waals surface area contributed by atoms with E-state index in [1.54, 1.807) is 6.07 Å². The first-order valence-electron chi connectivity index (χ1n) is 9.53. The first-order chi connectivity index (χ1) is 15.7. The van der Waals surface area contributed by atoms with Crippen molar-refractivity contribution in [3.63, 3.8) is 0 Å². The van der Waals surface area contributed by atoms with Crippen LogP contribution in [0.15, 0.2) is 42.6 Å². The van der Waals surface area contributed by atoms with Gasteiger partial charge in [0.2, 0.25) is 6.29 Å². The first-order valence-corrected chi connectivity index (χ1v) is 9.53. The lowest BCUT2D eigenvalue weighted by Crippen LogP contribution is -2.61. The lowest BCUT2D eigenvalue weighted by Gasteiger charge is -2.38. The molecular weight excluding hydrogens is 442 g/mol. The number of benzene rings is 1. The average molecular weight is 459 g/mol. The number of anilines is 3. The van der Waals surface area contributed by atoms with Crippen LogP contribution >= 0.6 is 0 Å². The minimum atomic E-state index is -2.08. The maximum atomic E-state index is 13.1. The summed E-state index contributed by atoms with van der Waals surface area (Å²) in [6.07, 6.45) is -8.86. The number of ether oxygens (including phenoxy) is 2. The number of carboxylic acids is 1. The van der Waals surface area contributed by atoms with Crippen molar-refractivity contribution >= 4 is 40.9 Å². The van der Waals surface area contributed by atoms with Crippen LogP contribution in [0.4, 0.5) is 17.2 Å². The van der Waals surface area contributed by atoms with E-state index in [9.17, 15) is 34.5 Å². The Labute approximate surface area is 184 Å². The predicted octanol–water partition coefficient (Wildman–Crippen LogP) is -1.25. The summed E-state index contributed by atoms with van der Waals surface area (Å²) in [4.78, 5) is 54.5. The number of esters is 1. The number of carbonyl (C=O) groups excluding carboxylic acids is 3. The number of hydrogen-bond acceptors (Lipinski definition) is 10. The first kappa shape index (κ1) is 22.3. The summed E-state index contributed by atoms with van der Waals surface area (Å²) in [7, 11) is 0. The van der Waals surface area contributed by atoms with Gasteiger partial charge < -0.3 is 35.2 Å². The van der Waals surface area contributed by atoms with Crippen LogP contribution in [-0.4, -0.2) is 79.9 Å². The number of amides is 2. The van der Waals surface area contributed by atoms with E-state index in [0.717, 1.165) is 4.90 Å². The zero-order valence-corrected chi connectivity index (χ0v) is 16.6. The molecule has 2 amide bonds. The second kappa shape index (κ2) is 8.55. The van der Waals surface area contributed by atoms with Gasteiger partial charge in [0.15, 0.2) is 11.9 Å². The summed E-state index contributed by atoms with van der Waals surface area (Å²) in [5.41, 5.74) is 0.187. The molecule has 1 fully saturated rings. The molecule has 1 aromatic heterocycles. The fraction of sp³-hybridized carbons (Fsp3) is 0.250. The molecule has 0 radical (unpaired) electrons. The number of pyridine rings is 1. The van der Waals surface area contributed by atoms with Gasteiger partial charge in [-0.2, -0.15) is 0 Å². The van der Waals surface area contributed by atoms with Crippen molar-refractivity contribution in [2.24, 2.45) is 0 Å². The van der Waals surface area contributed by atoms with Crippen LogP contribution < -0.4 is 10.2 Å². The van der Waals surface area contributed by atoms with Gasteiger partial charge in [-0.15, -0.1) is 0 Å². The Balaban J connectivity index is 1.67. The molecule has 4 rings (SSSR count). The van der Waals surface area contributed by atoms with Crippen molar-refractivity contribution in [3.05, 3.63) is 48.2 Å². The Morgan fingerprint density at radius 2 is 1.76 bits per heavy atom. The van der Waals surface area contributed by atoms with Crippen LogP contribution in [0.2, 0.25) is 0 Å². The van der Waals surface area contributed by atoms with Gasteiger partial charge in [-0.05, 0) is 24.3 Å². The van der Waals surface area contributed by atoms with Crippen LogP contribution in [0.5, 0.6) is 0 Å². The number of aliphatic carboxylic acids is 1. The van der Waals surface area contributed by atoms with E-state index in [1.165, 1.54) is 36.5 Å². The molecule has 33 heavy (non-hydrogen) atoms. The van der Waals surface area contributed by atoms with Gasteiger partial charge in [0.1, 0.15) is 18.3 Å². The third-order valence-corrected chi connectivity index (χ3v) is 5.05. The number of carboxylic acid groups (broad SMARTS) is 1. The van der Waals surface area contributed by atoms with Crippen LogP contribution in [0.25, 0.3) is 0 Å². The number of fused-ring (bicyclic) bond motifs is 2. The molecule has 1 aromatic carbocycles. The van der Waals surface area contributed by atoms with Gasteiger partial charge in [0.25, 0.3) is 5.91 Å². The zero-order valence-electron chi connectivity index (χ0n) is 16.6. The Morgan fingerprint density at radius 3 is 2.48 bits per heavy atom. The molecule has 13 heteroatoms. The van der Waals surface area contributed by atoms with Gasteiger partial charge in [0, 0.05) is 6.20 Å². The number of para-hydroxylation sites is 1. The lowest BCUT2D eigenvalue weighted by molar-refractivity contribution is -0.285. The second-order valence-electron chi connectivity index (χ2n) is 7.13. The Hall–Kier alpha value is -3.91. The number of aliphatic hydroxyl groups is 3. The molecular formula is C20H17N3O10. The molecule has 172 valence electrons. The monoisotopic (exact) mass is 459 g/mol. The second-order valence-corrected chi connectivity index (χ2v) is 7.13. The molecule has 5 unspecified atom stereocenters. The minimum absolute atomic E-state index is 0.0124. The molecule has 0 spiro atoms. The lowest BCUT2D eigenvalue weighted by atomic mass is 9.99. The molecule has 0 saturated carbocycles. The summed E-state index contributed by atoms with van der Waals surface area (Å²) in [6, 6.07) is 8.85. The maximum absolute atomic E-state index is 13.1. The number of carbonyl (C=O) groups is 4. The van der Waals surface area contributed by atoms with Crippen molar-refractivity contribution in [2.45, 2.75) is 30.7 Å². The van der Waals surface area contributed by atoms with Crippen molar-refractivity contribution in [1.82, 2.24) is 4.98 Å². The summed E-state index contributed by atoms with van der Waals surface area (Å²) < 4.78 is 9.72. The third-order valence-electron chi connectivity index (χ3n) is 5.05. The Bertz CT molecular complexity index is 1140. The van der Waals surface area contributed by atoms with Crippen LogP contribution in [0.3, 0.4) is 0 Å². The zero-order chi connectivity index (χ0) is 23.9. The summed E-state index contributed by atoms with van der Waals surface area (Å²) in [5.74, 6) is -5.29. The molecule has 5 N–H and O–H groups in total. The van der Waals surface area contributed by atoms with E-state index in [2.05, 4.69) is 10.3 Å². The fourth-order valence-corrected chi connectivity index (χ4v) is 3.44. The van der Waals surface area contributed by atoms with Gasteiger partial charge in [-0.1, -0.05) is 12.1 Å². The van der Waals surface area contributed by atoms with Gasteiger partial charge in [-0.3, -0.25) is 14.5 Å². The number of aromatic nitrogens is 1. The van der Waals surface area contributed by atoms with E-state index in [0.29, 0.717) is 0 Å². The van der Waals surface area contributed by atoms with E-state index in [-0.39, 0.29) is 22.8 Å². The number of hydrogen-bond donors (Lipinski definition) is 5. The highest BCUT2D eigenvalue weighted by Gasteiger charge is 2.49. The molecule has 13 nitrogen and oxygen atoms in total. The van der Waals surface area contributed by atoms with E-state index in [1.807, 2.05) is 0 Å². The maximum Gasteiger partial charge on any atom is 0.400 e. The molecule has 0 bridgehead atoms. The van der Waals surface area contributed by atoms with Crippen LogP contribution in [0.1, 0.15) is 10.4 Å². The normalized spacial score (nSPS) is 26.3. The quantitative estimate of drug-likeness (QED) is 0.266. The molecule has 2 aliphatic rings. The third kappa shape index (κ3) is 3.89. The number of aliphatic hydroxyl groups excluding tert-OH is 3. The fourth-order valence-electron chi connectivity index (χ4n) is 3.44. The molecule has 5 atom stereocenters. The van der Waals surface area contributed by atoms with Gasteiger partial charge >= 0.3 is 17.8 Å². The standard InChI is InChI=1S/C20H17N3O10/c24-11-12(25)14(18(29)30)32-20(13(11)26)33-19(31)17(28)23-10-6-2-1-4-8(10)16(27)22-9-5-3-7-21-15(9)23/h1-7,11-14,20,24-26H,(H,22,27)(H,29,30). The summed E-state index contributed by atoms with van der Waals surface area (Å²) >= 11 is 0. The van der Waals surface area contributed by atoms with E-state index >= 15 is 0 Å². The van der Waals surface area contributed by atoms with Crippen molar-refractivity contribution in [2.75, 3.05) is 10.2 Å². The molecule has 3 heterocycles. The van der Waals surface area contributed by atoms with Crippen molar-refractivity contribution in [1.29, 1.82) is 0 Å². The summed E-state index contributed by atoms with van der Waals surface area (Å²) in [5, 5.41) is 41.4. The Kier molecular flexibility index (Phi) is 5.78. The molecule has 2 aromatic rings. The number of nitrogens with zero attached hydrogens (tertiary/aromatic N) is 2. The van der Waals surface area contributed by atoms with E-state index < -0.39 is 54.5 Å². The molecule has 2 aliphatic heterocycles. The Morgan fingerprint density at radius 1 is 1.03 bits per heavy atom. The van der Waals surface area contributed by atoms with E-state index in [4.69, 9.17) is 14.6 Å². The highest BCUT2D eigenvalue weighted by Crippen LogP contribution is 2.36. The largest absolute Gasteiger partial charge is 0.479 e. The SMILES string of the molecule is O=C(OC1OC(C(=O)O)C(O)C(O)C1O)C(=O)N1c2ccccc2C(=O)Nc2cccnc21. The topological polar surface area (TPSA) is 196 Å². The van der Waals surface area contributed by atoms with Crippen molar-refractivity contribution < 1.29 is 49.1 Å². The smallest absolute Gasteiger partial charge is 0.400 e. The predicted molar refractivity (Wildman–Crippen MR) is 106 cm³/mol. The molecule has 1 saturated heterocycles.